The third kappa shape index (κ3) is 6.07. The minimum atomic E-state index is -3.22. The highest BCUT2D eigenvalue weighted by molar-refractivity contribution is 7.88. The van der Waals surface area contributed by atoms with Crippen molar-refractivity contribution in [2.24, 2.45) is 5.73 Å². The fraction of sp³-hybridized carbons (Fsp3) is 0.909. The summed E-state index contributed by atoms with van der Waals surface area (Å²) in [7, 11) is -3.22. The predicted molar refractivity (Wildman–Crippen MR) is 77.7 cm³/mol. The molecule has 1 fully saturated rings. The van der Waals surface area contributed by atoms with Gasteiger partial charge in [-0.2, -0.15) is 0 Å². The van der Waals surface area contributed by atoms with Crippen LogP contribution in [0.1, 0.15) is 32.6 Å². The fourth-order valence-electron chi connectivity index (χ4n) is 2.14. The molecule has 19 heavy (non-hydrogen) atoms. The smallest absolute Gasteiger partial charge is 0.239 e. The number of hydrogen-bond acceptors (Lipinski definition) is 4. The zero-order chi connectivity index (χ0) is 13.8. The fourth-order valence-corrected chi connectivity index (χ4v) is 2.63. The Morgan fingerprint density at radius 1 is 1.47 bits per heavy atom. The molecule has 0 radical (unpaired) electrons. The highest BCUT2D eigenvalue weighted by Crippen LogP contribution is 2.17. The molecule has 1 unspecified atom stereocenters. The number of nitrogens with zero attached hydrogens (tertiary/aromatic N) is 1. The van der Waals surface area contributed by atoms with Gasteiger partial charge >= 0.3 is 0 Å². The second-order valence-electron chi connectivity index (χ2n) is 4.82. The van der Waals surface area contributed by atoms with E-state index in [0.717, 1.165) is 25.5 Å². The number of sulfonamides is 1. The Hall–Kier alpha value is -0.370. The lowest BCUT2D eigenvalue weighted by Gasteiger charge is -2.37. The number of amides is 1. The first-order valence-corrected chi connectivity index (χ1v) is 8.25. The molecule has 1 rings (SSSR count). The molecule has 0 aromatic rings. The van der Waals surface area contributed by atoms with Gasteiger partial charge in [0, 0.05) is 19.1 Å². The third-order valence-electron chi connectivity index (χ3n) is 3.25. The van der Waals surface area contributed by atoms with Gasteiger partial charge in [-0.15, -0.1) is 12.4 Å². The summed E-state index contributed by atoms with van der Waals surface area (Å²) in [6.07, 6.45) is 4.52. The highest BCUT2D eigenvalue weighted by atomic mass is 35.5. The van der Waals surface area contributed by atoms with Gasteiger partial charge in [0.1, 0.15) is 0 Å². The number of carbonyl (C=O) groups is 1. The maximum Gasteiger partial charge on any atom is 0.239 e. The van der Waals surface area contributed by atoms with Crippen LogP contribution in [0.4, 0.5) is 0 Å². The van der Waals surface area contributed by atoms with Crippen molar-refractivity contribution in [3.8, 4) is 0 Å². The lowest BCUT2D eigenvalue weighted by Crippen LogP contribution is -2.53. The van der Waals surface area contributed by atoms with Gasteiger partial charge in [0.25, 0.3) is 0 Å². The van der Waals surface area contributed by atoms with Crippen LogP contribution in [-0.4, -0.2) is 50.7 Å². The molecule has 1 amide bonds. The number of carbonyl (C=O) groups excluding carboxylic acids is 1. The maximum absolute atomic E-state index is 12.1. The number of likely N-dealkylation sites (tertiary alicyclic amines) is 1. The van der Waals surface area contributed by atoms with Gasteiger partial charge in [-0.3, -0.25) is 4.79 Å². The van der Waals surface area contributed by atoms with Crippen LogP contribution in [-0.2, 0) is 14.8 Å². The number of rotatable bonds is 5. The molecule has 0 aliphatic carbocycles. The molecule has 0 spiro atoms. The lowest BCUT2D eigenvalue weighted by atomic mass is 10.0. The minimum absolute atomic E-state index is 0. The summed E-state index contributed by atoms with van der Waals surface area (Å²) in [4.78, 5) is 13.8. The van der Waals surface area contributed by atoms with Crippen LogP contribution < -0.4 is 10.5 Å². The monoisotopic (exact) mass is 313 g/mol. The lowest BCUT2D eigenvalue weighted by molar-refractivity contribution is -0.136. The van der Waals surface area contributed by atoms with Crippen molar-refractivity contribution < 1.29 is 13.2 Å². The molecule has 0 bridgehead atoms. The Labute approximate surface area is 121 Å². The van der Waals surface area contributed by atoms with Crippen molar-refractivity contribution in [1.82, 2.24) is 9.62 Å². The normalized spacial score (nSPS) is 21.6. The Morgan fingerprint density at radius 3 is 2.63 bits per heavy atom. The second-order valence-corrected chi connectivity index (χ2v) is 6.65. The number of halogens is 1. The van der Waals surface area contributed by atoms with Crippen LogP contribution in [0, 0.1) is 0 Å². The van der Waals surface area contributed by atoms with Crippen molar-refractivity contribution in [3.63, 3.8) is 0 Å². The summed E-state index contributed by atoms with van der Waals surface area (Å²) in [6.45, 7) is 2.82. The molecule has 1 aliphatic rings. The van der Waals surface area contributed by atoms with E-state index in [1.165, 1.54) is 0 Å². The van der Waals surface area contributed by atoms with E-state index in [9.17, 15) is 13.2 Å². The molecular formula is C11H24ClN3O3S. The van der Waals surface area contributed by atoms with Gasteiger partial charge in [0.05, 0.1) is 12.3 Å². The van der Waals surface area contributed by atoms with E-state index in [4.69, 9.17) is 5.73 Å². The van der Waals surface area contributed by atoms with E-state index in [0.29, 0.717) is 13.0 Å². The predicted octanol–water partition coefficient (Wildman–Crippen LogP) is 0.0758. The highest BCUT2D eigenvalue weighted by Gasteiger charge is 2.29. The molecule has 1 heterocycles. The molecule has 8 heteroatoms. The Kier molecular flexibility index (Phi) is 7.88. The summed E-state index contributed by atoms with van der Waals surface area (Å²) >= 11 is 0. The quantitative estimate of drug-likeness (QED) is 0.751. The van der Waals surface area contributed by atoms with Crippen LogP contribution in [0.25, 0.3) is 0 Å². The molecule has 114 valence electrons. The maximum atomic E-state index is 12.1. The average Bonchev–Trinajstić information content (AvgIpc) is 2.34. The number of nitrogens with one attached hydrogen (secondary N) is 1. The second kappa shape index (κ2) is 8.04. The Bertz CT molecular complexity index is 389. The topological polar surface area (TPSA) is 92.5 Å². The number of piperidine rings is 1. The van der Waals surface area contributed by atoms with Gasteiger partial charge in [-0.05, 0) is 25.7 Å². The van der Waals surface area contributed by atoms with Gasteiger partial charge in [0.15, 0.2) is 0 Å². The molecule has 6 nitrogen and oxygen atoms in total. The number of hydrogen-bond donors (Lipinski definition) is 2. The first-order valence-electron chi connectivity index (χ1n) is 6.36. The standard InChI is InChI=1S/C11H23N3O3S.ClH/c1-3-10(12)11(15)14-7-5-4-6-9(14)8-13-18(2,16)17;/h9-10,13H,3-8,12H2,1-2H3;1H/t9?,10-;/m0./s1. The molecule has 3 N–H and O–H groups in total. The van der Waals surface area contributed by atoms with Gasteiger partial charge in [0.2, 0.25) is 15.9 Å². The van der Waals surface area contributed by atoms with Crippen molar-refractivity contribution >= 4 is 28.3 Å². The summed E-state index contributed by atoms with van der Waals surface area (Å²) < 4.78 is 24.7. The van der Waals surface area contributed by atoms with Crippen LogP contribution in [0.3, 0.4) is 0 Å². The van der Waals surface area contributed by atoms with Gasteiger partial charge < -0.3 is 10.6 Å². The summed E-state index contributed by atoms with van der Waals surface area (Å²) in [5.74, 6) is -0.0718. The molecule has 0 aromatic carbocycles. The molecule has 2 atom stereocenters. The molecule has 1 aliphatic heterocycles. The SMILES string of the molecule is CC[C@H](N)C(=O)N1CCCCC1CNS(C)(=O)=O.Cl. The van der Waals surface area contributed by atoms with Crippen LogP contribution in [0.2, 0.25) is 0 Å². The van der Waals surface area contributed by atoms with Crippen molar-refractivity contribution in [1.29, 1.82) is 0 Å². The van der Waals surface area contributed by atoms with Crippen LogP contribution in [0.15, 0.2) is 0 Å². The van der Waals surface area contributed by atoms with Crippen LogP contribution >= 0.6 is 12.4 Å². The summed E-state index contributed by atoms with van der Waals surface area (Å²) in [6, 6.07) is -0.553. The average molecular weight is 314 g/mol. The van der Waals surface area contributed by atoms with Crippen LogP contribution in [0.5, 0.6) is 0 Å². The first-order chi connectivity index (χ1) is 8.35. The third-order valence-corrected chi connectivity index (χ3v) is 3.94. The zero-order valence-corrected chi connectivity index (χ0v) is 13.1. The summed E-state index contributed by atoms with van der Waals surface area (Å²) in [5, 5.41) is 0. The van der Waals surface area contributed by atoms with E-state index in [1.807, 2.05) is 6.92 Å². The molecule has 1 saturated heterocycles. The van der Waals surface area contributed by atoms with Gasteiger partial charge in [-0.1, -0.05) is 6.92 Å². The Morgan fingerprint density at radius 2 is 2.11 bits per heavy atom. The minimum Gasteiger partial charge on any atom is -0.337 e. The summed E-state index contributed by atoms with van der Waals surface area (Å²) in [5.41, 5.74) is 5.76. The molecule has 0 saturated carbocycles. The van der Waals surface area contributed by atoms with E-state index in [2.05, 4.69) is 4.72 Å². The van der Waals surface area contributed by atoms with E-state index >= 15 is 0 Å². The Balaban J connectivity index is 0.00000324. The molecular weight excluding hydrogens is 290 g/mol. The zero-order valence-electron chi connectivity index (χ0n) is 11.5. The largest absolute Gasteiger partial charge is 0.337 e. The van der Waals surface area contributed by atoms with Crippen molar-refractivity contribution in [3.05, 3.63) is 0 Å². The van der Waals surface area contributed by atoms with Crippen molar-refractivity contribution in [2.75, 3.05) is 19.3 Å². The van der Waals surface area contributed by atoms with E-state index in [1.54, 1.807) is 4.90 Å². The molecule has 0 aromatic heterocycles. The van der Waals surface area contributed by atoms with Crippen molar-refractivity contribution in [2.45, 2.75) is 44.7 Å². The van der Waals surface area contributed by atoms with E-state index < -0.39 is 16.1 Å². The van der Waals surface area contributed by atoms with E-state index in [-0.39, 0.29) is 30.9 Å². The number of nitrogens with two attached hydrogens (primary N) is 1. The first kappa shape index (κ1) is 18.6. The van der Waals surface area contributed by atoms with Gasteiger partial charge in [-0.25, -0.2) is 13.1 Å².